The van der Waals surface area contributed by atoms with Gasteiger partial charge in [0.15, 0.2) is 18.1 Å². The number of pyridine rings is 1. The third-order valence-electron chi connectivity index (χ3n) is 8.91. The molecule has 4 N–H and O–H groups in total. The number of nitrogens with one attached hydrogen (secondary N) is 2. The van der Waals surface area contributed by atoms with Crippen LogP contribution in [0.2, 0.25) is 0 Å². The van der Waals surface area contributed by atoms with E-state index in [2.05, 4.69) is 20.5 Å². The van der Waals surface area contributed by atoms with Gasteiger partial charge in [0, 0.05) is 48.1 Å². The molecule has 46 heavy (non-hydrogen) atoms. The quantitative estimate of drug-likeness (QED) is 0.308. The van der Waals surface area contributed by atoms with Crippen molar-refractivity contribution in [3.05, 3.63) is 77.6 Å². The molecule has 0 spiro atoms. The summed E-state index contributed by atoms with van der Waals surface area (Å²) in [5.74, 6) is -0.160. The van der Waals surface area contributed by atoms with Crippen LogP contribution in [0.15, 0.2) is 60.8 Å². The molecule has 1 aliphatic carbocycles. The number of likely N-dealkylation sites (tertiary alicyclic amines) is 1. The number of alkyl halides is 3. The first-order chi connectivity index (χ1) is 22.0. The first-order valence-electron chi connectivity index (χ1n) is 15.3. The first kappa shape index (κ1) is 31.8. The fourth-order valence-electron chi connectivity index (χ4n) is 6.46. The smallest absolute Gasteiger partial charge is 0.416 e. The fourth-order valence-corrected chi connectivity index (χ4v) is 6.46. The Morgan fingerprint density at radius 3 is 2.59 bits per heavy atom. The van der Waals surface area contributed by atoms with Gasteiger partial charge in [-0.15, -0.1) is 0 Å². The molecule has 10 nitrogen and oxygen atoms in total. The highest BCUT2D eigenvalue weighted by atomic mass is 19.4. The van der Waals surface area contributed by atoms with E-state index in [0.717, 1.165) is 55.1 Å². The molecule has 3 aromatic rings. The number of nitrogens with zero attached hydrogens (tertiary/aromatic N) is 2. The molecule has 3 aliphatic rings. The van der Waals surface area contributed by atoms with Crippen molar-refractivity contribution in [2.24, 2.45) is 0 Å². The Morgan fingerprint density at radius 2 is 1.85 bits per heavy atom. The minimum atomic E-state index is -4.57. The van der Waals surface area contributed by atoms with Crippen LogP contribution in [0.1, 0.15) is 53.7 Å². The maximum absolute atomic E-state index is 12.9. The van der Waals surface area contributed by atoms with Crippen molar-refractivity contribution in [2.75, 3.05) is 26.2 Å². The lowest BCUT2D eigenvalue weighted by Crippen LogP contribution is -2.45. The van der Waals surface area contributed by atoms with Crippen molar-refractivity contribution < 1.29 is 42.4 Å². The maximum atomic E-state index is 12.9. The predicted octanol–water partition coefficient (Wildman–Crippen LogP) is 3.61. The van der Waals surface area contributed by atoms with Gasteiger partial charge in [0.2, 0.25) is 12.2 Å². The summed E-state index contributed by atoms with van der Waals surface area (Å²) in [5.41, 5.74) is 0.0392. The fraction of sp³-hybridized carbons (Fsp3) is 0.424. The number of carbonyl (C=O) groups is 2. The molecule has 13 heteroatoms. The number of aliphatic hydroxyl groups excluding tert-OH is 1. The number of ether oxygens (including phenoxy) is 2. The minimum Gasteiger partial charge on any atom is -0.483 e. The highest BCUT2D eigenvalue weighted by molar-refractivity contribution is 5.96. The van der Waals surface area contributed by atoms with Crippen LogP contribution >= 0.6 is 0 Å². The number of carbonyl (C=O) groups excluding carboxylic acids is 2. The van der Waals surface area contributed by atoms with E-state index in [1.165, 1.54) is 6.07 Å². The van der Waals surface area contributed by atoms with Gasteiger partial charge in [-0.1, -0.05) is 24.3 Å². The number of aromatic nitrogens is 1. The van der Waals surface area contributed by atoms with Crippen molar-refractivity contribution >= 4 is 11.8 Å². The maximum Gasteiger partial charge on any atom is 0.416 e. The lowest BCUT2D eigenvalue weighted by Gasteiger charge is -2.39. The second-order valence-electron chi connectivity index (χ2n) is 12.0. The molecule has 2 aliphatic heterocycles. The number of amides is 2. The second kappa shape index (κ2) is 12.9. The number of hydrogen-bond acceptors (Lipinski definition) is 8. The van der Waals surface area contributed by atoms with Crippen LogP contribution in [-0.2, 0) is 16.6 Å². The molecule has 2 atom stereocenters. The molecule has 2 amide bonds. The Hall–Kier alpha value is -4.20. The highest BCUT2D eigenvalue weighted by Gasteiger charge is 2.39. The van der Waals surface area contributed by atoms with Crippen molar-refractivity contribution in [1.82, 2.24) is 20.5 Å². The van der Waals surface area contributed by atoms with E-state index >= 15 is 0 Å². The molecule has 0 bridgehead atoms. The largest absolute Gasteiger partial charge is 0.483 e. The van der Waals surface area contributed by atoms with Crippen LogP contribution in [0, 0.1) is 0 Å². The predicted molar refractivity (Wildman–Crippen MR) is 160 cm³/mol. The molecule has 2 fully saturated rings. The lowest BCUT2D eigenvalue weighted by molar-refractivity contribution is -0.137. The van der Waals surface area contributed by atoms with Gasteiger partial charge in [-0.3, -0.25) is 19.5 Å². The summed E-state index contributed by atoms with van der Waals surface area (Å²) in [6.45, 7) is 1.10. The molecule has 1 aromatic heterocycles. The molecule has 2 aromatic carbocycles. The van der Waals surface area contributed by atoms with Crippen molar-refractivity contribution in [1.29, 1.82) is 0 Å². The van der Waals surface area contributed by atoms with Crippen LogP contribution in [0.25, 0.3) is 11.1 Å². The number of fused-ring (bicyclic) bond motifs is 1. The summed E-state index contributed by atoms with van der Waals surface area (Å²) in [6.07, 6.45) is -0.554. The van der Waals surface area contributed by atoms with Crippen molar-refractivity contribution in [2.45, 2.75) is 62.3 Å². The molecular formula is C33H35F3N4O6. The zero-order valence-electron chi connectivity index (χ0n) is 24.9. The van der Waals surface area contributed by atoms with Gasteiger partial charge in [0.05, 0.1) is 17.8 Å². The van der Waals surface area contributed by atoms with Crippen LogP contribution in [0.4, 0.5) is 13.2 Å². The van der Waals surface area contributed by atoms with Crippen LogP contribution in [0.3, 0.4) is 0 Å². The molecule has 244 valence electrons. The summed E-state index contributed by atoms with van der Waals surface area (Å²) in [7, 11) is 0. The molecule has 0 unspecified atom stereocenters. The van der Waals surface area contributed by atoms with Crippen LogP contribution in [0.5, 0.6) is 11.5 Å². The van der Waals surface area contributed by atoms with Gasteiger partial charge in [0.1, 0.15) is 5.60 Å². The normalized spacial score (nSPS) is 24.8. The van der Waals surface area contributed by atoms with Gasteiger partial charge < -0.3 is 30.3 Å². The van der Waals surface area contributed by atoms with Crippen LogP contribution < -0.4 is 20.1 Å². The molecule has 1 saturated carbocycles. The van der Waals surface area contributed by atoms with E-state index in [0.29, 0.717) is 36.6 Å². The second-order valence-corrected chi connectivity index (χ2v) is 12.0. The summed E-state index contributed by atoms with van der Waals surface area (Å²) in [4.78, 5) is 31.7. The Labute approximate surface area is 263 Å². The molecule has 6 rings (SSSR count). The van der Waals surface area contributed by atoms with Gasteiger partial charge in [0.25, 0.3) is 5.91 Å². The zero-order chi connectivity index (χ0) is 32.5. The van der Waals surface area contributed by atoms with E-state index in [-0.39, 0.29) is 30.8 Å². The average Bonchev–Trinajstić information content (AvgIpc) is 3.51. The summed E-state index contributed by atoms with van der Waals surface area (Å²) >= 11 is 0. The van der Waals surface area contributed by atoms with Crippen molar-refractivity contribution in [3.63, 3.8) is 0 Å². The Balaban J connectivity index is 0.973. The van der Waals surface area contributed by atoms with E-state index < -0.39 is 35.4 Å². The van der Waals surface area contributed by atoms with E-state index in [9.17, 15) is 33.0 Å². The Kier molecular flexibility index (Phi) is 8.90. The lowest BCUT2D eigenvalue weighted by atomic mass is 9.79. The standard InChI is InChI=1S/C33H35F3N4O6/c34-33(35,36)22-4-1-3-20(15-22)31(43)38-17-28(41)39-23-11-14-40(18-23)24-9-12-32(44,13-10-24)27-8-7-21(16-37-27)25-5-2-6-26-30(25)45-19-29(42)46-26/h1-8,15-16,23-24,29,42,44H,9-14,17-19H2,(H,38,43)(H,39,41)/t23-,24?,29-,32?/m1/s1. The summed E-state index contributed by atoms with van der Waals surface area (Å²) < 4.78 is 50.0. The van der Waals surface area contributed by atoms with Gasteiger partial charge in [-0.25, -0.2) is 0 Å². The number of benzene rings is 2. The van der Waals surface area contributed by atoms with Gasteiger partial charge >= 0.3 is 6.18 Å². The molecule has 3 heterocycles. The molecule has 1 saturated heterocycles. The third kappa shape index (κ3) is 6.96. The summed E-state index contributed by atoms with van der Waals surface area (Å²) in [5, 5.41) is 26.5. The highest BCUT2D eigenvalue weighted by Crippen LogP contribution is 2.42. The SMILES string of the molecule is O=C(CNC(=O)c1cccc(C(F)(F)F)c1)N[C@@H]1CCN(C2CCC(O)(c3ccc(-c4cccc5c4OC[C@H](O)O5)cn3)CC2)C1. The van der Waals surface area contributed by atoms with E-state index in [1.807, 2.05) is 24.3 Å². The van der Waals surface area contributed by atoms with E-state index in [1.54, 1.807) is 12.3 Å². The Bertz CT molecular complexity index is 1580. The van der Waals surface area contributed by atoms with Gasteiger partial charge in [-0.05, 0) is 62.4 Å². The molecule has 0 radical (unpaired) electrons. The number of halogens is 3. The first-order valence-corrected chi connectivity index (χ1v) is 15.3. The topological polar surface area (TPSA) is 133 Å². The van der Waals surface area contributed by atoms with Gasteiger partial charge in [-0.2, -0.15) is 13.2 Å². The van der Waals surface area contributed by atoms with Crippen molar-refractivity contribution in [3.8, 4) is 22.6 Å². The number of rotatable bonds is 7. The number of aliphatic hydroxyl groups is 2. The number of hydrogen-bond donors (Lipinski definition) is 4. The molecular weight excluding hydrogens is 605 g/mol. The summed E-state index contributed by atoms with van der Waals surface area (Å²) in [6, 6.07) is 13.3. The monoisotopic (exact) mass is 640 g/mol. The zero-order valence-corrected chi connectivity index (χ0v) is 24.9. The van der Waals surface area contributed by atoms with Crippen LogP contribution in [-0.4, -0.2) is 76.5 Å². The minimum absolute atomic E-state index is 0.0329. The Morgan fingerprint density at radius 1 is 1.07 bits per heavy atom. The average molecular weight is 641 g/mol. The van der Waals surface area contributed by atoms with E-state index in [4.69, 9.17) is 9.47 Å². The number of para-hydroxylation sites is 1. The third-order valence-corrected chi connectivity index (χ3v) is 8.91.